The Kier molecular flexibility index (Phi) is 7.39. The van der Waals surface area contributed by atoms with E-state index in [0.29, 0.717) is 6.54 Å². The summed E-state index contributed by atoms with van der Waals surface area (Å²) in [5.74, 6) is 0.0507. The zero-order valence-electron chi connectivity index (χ0n) is 11.6. The fourth-order valence-corrected chi connectivity index (χ4v) is 1.87. The monoisotopic (exact) mass is 244 g/mol. The van der Waals surface area contributed by atoms with Gasteiger partial charge in [0.1, 0.15) is 0 Å². The zero-order chi connectivity index (χ0) is 13.5. The Morgan fingerprint density at radius 3 is 2.24 bits per heavy atom. The summed E-state index contributed by atoms with van der Waals surface area (Å²) in [6, 6.07) is -0.449. The van der Waals surface area contributed by atoms with E-state index in [4.69, 9.17) is 10.8 Å². The molecule has 0 fully saturated rings. The molecule has 0 aromatic heterocycles. The Balaban J connectivity index is 4.35. The third-order valence-corrected chi connectivity index (χ3v) is 3.80. The van der Waals surface area contributed by atoms with Gasteiger partial charge in [0.2, 0.25) is 5.91 Å². The Morgan fingerprint density at radius 1 is 1.35 bits per heavy atom. The second-order valence-electron chi connectivity index (χ2n) is 5.17. The first kappa shape index (κ1) is 16.4. The molecule has 0 unspecified atom stereocenters. The highest BCUT2D eigenvalue weighted by Gasteiger charge is 2.27. The molecule has 4 N–H and O–H groups in total. The summed E-state index contributed by atoms with van der Waals surface area (Å²) in [5, 5.41) is 12.0. The summed E-state index contributed by atoms with van der Waals surface area (Å²) in [6.07, 6.45) is 2.61. The van der Waals surface area contributed by atoms with Gasteiger partial charge in [0.25, 0.3) is 0 Å². The van der Waals surface area contributed by atoms with E-state index in [1.54, 1.807) is 0 Å². The Hall–Kier alpha value is -0.610. The molecule has 0 heterocycles. The smallest absolute Gasteiger partial charge is 0.237 e. The molecule has 17 heavy (non-hydrogen) atoms. The number of carbonyl (C=O) groups excluding carboxylic acids is 1. The van der Waals surface area contributed by atoms with Gasteiger partial charge in [0, 0.05) is 13.2 Å². The largest absolute Gasteiger partial charge is 0.396 e. The van der Waals surface area contributed by atoms with Crippen LogP contribution in [0.5, 0.6) is 0 Å². The van der Waals surface area contributed by atoms with Crippen LogP contribution in [-0.4, -0.2) is 30.2 Å². The third kappa shape index (κ3) is 5.04. The van der Waals surface area contributed by atoms with E-state index in [9.17, 15) is 4.79 Å². The summed E-state index contributed by atoms with van der Waals surface area (Å²) in [5.41, 5.74) is 5.79. The number of nitrogens with two attached hydrogens (primary N) is 1. The van der Waals surface area contributed by atoms with E-state index in [-0.39, 0.29) is 23.8 Å². The van der Waals surface area contributed by atoms with Gasteiger partial charge in [0.05, 0.1) is 6.04 Å². The summed E-state index contributed by atoms with van der Waals surface area (Å²) in [7, 11) is 0. The molecule has 102 valence electrons. The summed E-state index contributed by atoms with van der Waals surface area (Å²) < 4.78 is 0. The van der Waals surface area contributed by atoms with Crippen molar-refractivity contribution in [3.05, 3.63) is 0 Å². The summed E-state index contributed by atoms with van der Waals surface area (Å²) in [6.45, 7) is 8.81. The Morgan fingerprint density at radius 2 is 1.88 bits per heavy atom. The molecule has 0 aliphatic heterocycles. The molecule has 0 bridgehead atoms. The second kappa shape index (κ2) is 7.67. The second-order valence-corrected chi connectivity index (χ2v) is 5.17. The topological polar surface area (TPSA) is 75.3 Å². The molecular formula is C13H28N2O2. The molecule has 4 heteroatoms. The molecule has 0 aliphatic rings. The lowest BCUT2D eigenvalue weighted by molar-refractivity contribution is -0.123. The minimum atomic E-state index is -0.449. The average Bonchev–Trinajstić information content (AvgIpc) is 2.33. The SMILES string of the molecule is CCC(CC)(CCO)CNC(=O)[C@@H](N)C(C)C. The van der Waals surface area contributed by atoms with Gasteiger partial charge in [-0.05, 0) is 30.6 Å². The number of amides is 1. The molecule has 0 saturated carbocycles. The van der Waals surface area contributed by atoms with Crippen molar-refractivity contribution < 1.29 is 9.90 Å². The fraction of sp³-hybridized carbons (Fsp3) is 0.923. The van der Waals surface area contributed by atoms with Gasteiger partial charge in [0.15, 0.2) is 0 Å². The number of hydrogen-bond donors (Lipinski definition) is 3. The first-order valence-electron chi connectivity index (χ1n) is 6.56. The summed E-state index contributed by atoms with van der Waals surface area (Å²) >= 11 is 0. The van der Waals surface area contributed by atoms with Crippen molar-refractivity contribution in [3.8, 4) is 0 Å². The molecule has 1 amide bonds. The van der Waals surface area contributed by atoms with Crippen molar-refractivity contribution in [2.45, 2.75) is 53.0 Å². The Bertz CT molecular complexity index is 225. The van der Waals surface area contributed by atoms with Crippen LogP contribution in [-0.2, 0) is 4.79 Å². The third-order valence-electron chi connectivity index (χ3n) is 3.80. The number of nitrogens with one attached hydrogen (secondary N) is 1. The van der Waals surface area contributed by atoms with Crippen LogP contribution in [0.2, 0.25) is 0 Å². The zero-order valence-corrected chi connectivity index (χ0v) is 11.6. The highest BCUT2D eigenvalue weighted by atomic mass is 16.3. The molecule has 0 aliphatic carbocycles. The minimum Gasteiger partial charge on any atom is -0.396 e. The number of rotatable bonds is 8. The van der Waals surface area contributed by atoms with Crippen molar-refractivity contribution in [1.29, 1.82) is 0 Å². The fourth-order valence-electron chi connectivity index (χ4n) is 1.87. The predicted octanol–water partition coefficient (Wildman–Crippen LogP) is 1.27. The molecule has 0 aromatic carbocycles. The predicted molar refractivity (Wildman–Crippen MR) is 70.5 cm³/mol. The van der Waals surface area contributed by atoms with Gasteiger partial charge in [-0.15, -0.1) is 0 Å². The maximum atomic E-state index is 11.8. The normalized spacial score (nSPS) is 13.8. The first-order valence-corrected chi connectivity index (χ1v) is 6.56. The Labute approximate surface area is 105 Å². The average molecular weight is 244 g/mol. The number of aliphatic hydroxyl groups is 1. The van der Waals surface area contributed by atoms with E-state index < -0.39 is 6.04 Å². The molecule has 0 saturated heterocycles. The minimum absolute atomic E-state index is 0.00110. The van der Waals surface area contributed by atoms with E-state index in [2.05, 4.69) is 19.2 Å². The molecule has 1 atom stereocenters. The van der Waals surface area contributed by atoms with Crippen molar-refractivity contribution in [3.63, 3.8) is 0 Å². The van der Waals surface area contributed by atoms with Crippen LogP contribution in [0.25, 0.3) is 0 Å². The van der Waals surface area contributed by atoms with Gasteiger partial charge >= 0.3 is 0 Å². The van der Waals surface area contributed by atoms with Crippen LogP contribution in [0.3, 0.4) is 0 Å². The standard InChI is InChI=1S/C13H28N2O2/c1-5-13(6-2,7-8-16)9-15-12(17)11(14)10(3)4/h10-11,16H,5-9,14H2,1-4H3,(H,15,17)/t11-/m0/s1. The van der Waals surface area contributed by atoms with Gasteiger partial charge < -0.3 is 16.2 Å². The molecule has 0 rings (SSSR count). The van der Waals surface area contributed by atoms with E-state index in [1.807, 2.05) is 13.8 Å². The van der Waals surface area contributed by atoms with Crippen LogP contribution in [0, 0.1) is 11.3 Å². The number of aliphatic hydroxyl groups excluding tert-OH is 1. The van der Waals surface area contributed by atoms with Crippen LogP contribution in [0.15, 0.2) is 0 Å². The van der Waals surface area contributed by atoms with Crippen molar-refractivity contribution >= 4 is 5.91 Å². The number of carbonyl (C=O) groups is 1. The van der Waals surface area contributed by atoms with Crippen molar-refractivity contribution in [1.82, 2.24) is 5.32 Å². The maximum Gasteiger partial charge on any atom is 0.237 e. The van der Waals surface area contributed by atoms with Crippen LogP contribution in [0.4, 0.5) is 0 Å². The van der Waals surface area contributed by atoms with Crippen LogP contribution >= 0.6 is 0 Å². The van der Waals surface area contributed by atoms with E-state index in [0.717, 1.165) is 19.3 Å². The van der Waals surface area contributed by atoms with Gasteiger partial charge in [-0.3, -0.25) is 4.79 Å². The lowest BCUT2D eigenvalue weighted by Gasteiger charge is -2.32. The van der Waals surface area contributed by atoms with Crippen molar-refractivity contribution in [2.75, 3.05) is 13.2 Å². The maximum absolute atomic E-state index is 11.8. The molecule has 4 nitrogen and oxygen atoms in total. The highest BCUT2D eigenvalue weighted by molar-refractivity contribution is 5.81. The lowest BCUT2D eigenvalue weighted by Crippen LogP contribution is -2.47. The van der Waals surface area contributed by atoms with Crippen molar-refractivity contribution in [2.24, 2.45) is 17.1 Å². The molecule has 0 spiro atoms. The quantitative estimate of drug-likeness (QED) is 0.602. The van der Waals surface area contributed by atoms with Gasteiger partial charge in [-0.1, -0.05) is 27.7 Å². The molecule has 0 aromatic rings. The van der Waals surface area contributed by atoms with Gasteiger partial charge in [-0.25, -0.2) is 0 Å². The molecule has 0 radical (unpaired) electrons. The molecular weight excluding hydrogens is 216 g/mol. The van der Waals surface area contributed by atoms with Gasteiger partial charge in [-0.2, -0.15) is 0 Å². The van der Waals surface area contributed by atoms with E-state index >= 15 is 0 Å². The van der Waals surface area contributed by atoms with E-state index in [1.165, 1.54) is 0 Å². The van der Waals surface area contributed by atoms with Crippen LogP contribution < -0.4 is 11.1 Å². The lowest BCUT2D eigenvalue weighted by atomic mass is 9.79. The first-order chi connectivity index (χ1) is 7.92. The number of hydrogen-bond acceptors (Lipinski definition) is 3. The highest BCUT2D eigenvalue weighted by Crippen LogP contribution is 2.29. The summed E-state index contributed by atoms with van der Waals surface area (Å²) in [4.78, 5) is 11.8. The van der Waals surface area contributed by atoms with Crippen LogP contribution in [0.1, 0.15) is 47.0 Å².